The van der Waals surface area contributed by atoms with E-state index >= 15 is 0 Å². The van der Waals surface area contributed by atoms with Crippen LogP contribution in [-0.2, 0) is 0 Å². The van der Waals surface area contributed by atoms with Crippen molar-refractivity contribution < 1.29 is 0 Å². The summed E-state index contributed by atoms with van der Waals surface area (Å²) in [7, 11) is -1.05. The molecule has 1 aromatic heterocycles. The normalized spacial score (nSPS) is 11.4. The molecule has 2 heteroatoms. The fourth-order valence-electron chi connectivity index (χ4n) is 1.44. The highest BCUT2D eigenvalue weighted by Crippen LogP contribution is 2.47. The molecule has 0 N–H and O–H groups in total. The lowest BCUT2D eigenvalue weighted by atomic mass is 10.3. The molecule has 0 atom stereocenters. The highest BCUT2D eigenvalue weighted by Gasteiger charge is 2.10. The van der Waals surface area contributed by atoms with E-state index in [1.54, 1.807) is 12.4 Å². The first-order chi connectivity index (χ1) is 8.18. The fraction of sp³-hybridized carbons (Fsp3) is 0.133. The second kappa shape index (κ2) is 5.07. The Morgan fingerprint density at radius 3 is 2.41 bits per heavy atom. The molecule has 0 saturated carbocycles. The number of rotatable bonds is 1. The van der Waals surface area contributed by atoms with E-state index in [4.69, 9.17) is 0 Å². The summed E-state index contributed by atoms with van der Waals surface area (Å²) in [6.45, 7) is 0. The van der Waals surface area contributed by atoms with Gasteiger partial charge in [-0.1, -0.05) is 24.1 Å². The number of nitrogens with zero attached hydrogens (tertiary/aromatic N) is 1. The SMILES string of the molecule is CS(C)(C#Cc1cccnc1)c1ccccc1. The van der Waals surface area contributed by atoms with Crippen molar-refractivity contribution in [1.82, 2.24) is 4.98 Å². The molecule has 0 radical (unpaired) electrons. The Hall–Kier alpha value is -1.72. The molecular formula is C15H15NS. The second-order valence-corrected chi connectivity index (χ2v) is 7.44. The molecule has 0 unspecified atom stereocenters. The lowest BCUT2D eigenvalue weighted by molar-refractivity contribution is 1.31. The molecule has 0 aliphatic carbocycles. The van der Waals surface area contributed by atoms with Crippen LogP contribution in [0.15, 0.2) is 59.8 Å². The standard InChI is InChI=1S/C15H15NS/c1-17(2,15-8-4-3-5-9-15)12-10-14-7-6-11-16-13-14/h3-9,11,13H,1-2H3. The van der Waals surface area contributed by atoms with Crippen molar-refractivity contribution in [2.45, 2.75) is 4.90 Å². The van der Waals surface area contributed by atoms with Crippen molar-refractivity contribution in [1.29, 1.82) is 0 Å². The Labute approximate surface area is 104 Å². The Morgan fingerprint density at radius 2 is 1.76 bits per heavy atom. The number of aromatic nitrogens is 1. The van der Waals surface area contributed by atoms with E-state index in [0.29, 0.717) is 0 Å². The molecule has 1 nitrogen and oxygen atoms in total. The zero-order chi connectivity index (χ0) is 12.1. The van der Waals surface area contributed by atoms with E-state index in [2.05, 4.69) is 52.9 Å². The van der Waals surface area contributed by atoms with Crippen LogP contribution >= 0.6 is 10.0 Å². The molecule has 1 heterocycles. The van der Waals surface area contributed by atoms with E-state index in [0.717, 1.165) is 5.56 Å². The van der Waals surface area contributed by atoms with Crippen LogP contribution in [0.3, 0.4) is 0 Å². The molecule has 0 amide bonds. The van der Waals surface area contributed by atoms with Gasteiger partial charge in [0.1, 0.15) is 0 Å². The van der Waals surface area contributed by atoms with Crippen molar-refractivity contribution in [2.75, 3.05) is 12.5 Å². The van der Waals surface area contributed by atoms with Gasteiger partial charge in [-0.3, -0.25) is 4.98 Å². The minimum atomic E-state index is -1.05. The van der Waals surface area contributed by atoms with Crippen molar-refractivity contribution in [3.8, 4) is 11.2 Å². The van der Waals surface area contributed by atoms with Crippen molar-refractivity contribution in [3.63, 3.8) is 0 Å². The third-order valence-electron chi connectivity index (χ3n) is 2.44. The topological polar surface area (TPSA) is 12.9 Å². The summed E-state index contributed by atoms with van der Waals surface area (Å²) in [5.41, 5.74) is 0.976. The van der Waals surface area contributed by atoms with Gasteiger partial charge < -0.3 is 0 Å². The van der Waals surface area contributed by atoms with Gasteiger partial charge in [-0.2, -0.15) is 10.0 Å². The molecule has 0 bridgehead atoms. The first kappa shape index (κ1) is 11.8. The van der Waals surface area contributed by atoms with Gasteiger partial charge in [0, 0.05) is 22.9 Å². The van der Waals surface area contributed by atoms with Crippen LogP contribution in [0.1, 0.15) is 5.56 Å². The van der Waals surface area contributed by atoms with Gasteiger partial charge in [0.25, 0.3) is 0 Å². The molecule has 86 valence electrons. The summed E-state index contributed by atoms with van der Waals surface area (Å²) in [5.74, 6) is 3.21. The molecule has 0 saturated heterocycles. The van der Waals surface area contributed by atoms with Gasteiger partial charge in [0.05, 0.1) is 0 Å². The highest BCUT2D eigenvalue weighted by molar-refractivity contribution is 8.36. The maximum atomic E-state index is 4.06. The minimum absolute atomic E-state index is 0.976. The summed E-state index contributed by atoms with van der Waals surface area (Å²) < 4.78 is 0. The van der Waals surface area contributed by atoms with E-state index < -0.39 is 10.0 Å². The van der Waals surface area contributed by atoms with E-state index in [1.165, 1.54) is 4.90 Å². The van der Waals surface area contributed by atoms with Gasteiger partial charge in [0.2, 0.25) is 0 Å². The van der Waals surface area contributed by atoms with Crippen LogP contribution in [0, 0.1) is 11.2 Å². The maximum absolute atomic E-state index is 4.06. The number of hydrogen-bond acceptors (Lipinski definition) is 1. The molecule has 0 fully saturated rings. The lowest BCUT2D eigenvalue weighted by Crippen LogP contribution is -1.92. The number of benzene rings is 1. The monoisotopic (exact) mass is 241 g/mol. The minimum Gasteiger partial charge on any atom is -0.263 e. The molecule has 2 aromatic rings. The van der Waals surface area contributed by atoms with E-state index in [-0.39, 0.29) is 0 Å². The lowest BCUT2D eigenvalue weighted by Gasteiger charge is -2.24. The van der Waals surface area contributed by atoms with Crippen LogP contribution in [0.4, 0.5) is 0 Å². The van der Waals surface area contributed by atoms with Crippen molar-refractivity contribution in [3.05, 3.63) is 60.4 Å². The largest absolute Gasteiger partial charge is 0.263 e. The third-order valence-corrected chi connectivity index (χ3v) is 4.51. The molecule has 17 heavy (non-hydrogen) atoms. The van der Waals surface area contributed by atoms with Crippen LogP contribution in [0.25, 0.3) is 0 Å². The summed E-state index contributed by atoms with van der Waals surface area (Å²) in [6, 6.07) is 14.4. The van der Waals surface area contributed by atoms with Gasteiger partial charge >= 0.3 is 0 Å². The predicted molar refractivity (Wildman–Crippen MR) is 75.3 cm³/mol. The van der Waals surface area contributed by atoms with E-state index in [1.807, 2.05) is 18.2 Å². The van der Waals surface area contributed by atoms with Crippen LogP contribution < -0.4 is 0 Å². The third kappa shape index (κ3) is 3.12. The number of hydrogen-bond donors (Lipinski definition) is 0. The Kier molecular flexibility index (Phi) is 3.51. The molecule has 0 spiro atoms. The van der Waals surface area contributed by atoms with Gasteiger partial charge in [-0.05, 0) is 42.0 Å². The predicted octanol–water partition coefficient (Wildman–Crippen LogP) is 3.51. The Balaban J connectivity index is 2.27. The zero-order valence-corrected chi connectivity index (χ0v) is 10.9. The smallest absolute Gasteiger partial charge is 0.0437 e. The first-order valence-corrected chi connectivity index (χ1v) is 7.85. The summed E-state index contributed by atoms with van der Waals surface area (Å²) in [6.07, 6.45) is 7.99. The molecule has 0 aliphatic heterocycles. The number of pyridine rings is 1. The maximum Gasteiger partial charge on any atom is 0.0437 e. The van der Waals surface area contributed by atoms with Crippen LogP contribution in [0.5, 0.6) is 0 Å². The van der Waals surface area contributed by atoms with Crippen LogP contribution in [0.2, 0.25) is 0 Å². The van der Waals surface area contributed by atoms with Gasteiger partial charge in [-0.25, -0.2) is 0 Å². The Morgan fingerprint density at radius 1 is 1.00 bits per heavy atom. The Bertz CT molecular complexity index is 535. The average Bonchev–Trinajstić information content (AvgIpc) is 2.39. The molecule has 2 rings (SSSR count). The van der Waals surface area contributed by atoms with Gasteiger partial charge in [0.15, 0.2) is 0 Å². The second-order valence-electron chi connectivity index (χ2n) is 4.11. The zero-order valence-electron chi connectivity index (χ0n) is 10.1. The molecule has 0 aliphatic rings. The summed E-state index contributed by atoms with van der Waals surface area (Å²) >= 11 is 0. The van der Waals surface area contributed by atoms with Crippen molar-refractivity contribution >= 4 is 10.0 Å². The van der Waals surface area contributed by atoms with E-state index in [9.17, 15) is 0 Å². The molecule has 1 aromatic carbocycles. The molecular weight excluding hydrogens is 226 g/mol. The quantitative estimate of drug-likeness (QED) is 0.696. The fourth-order valence-corrected chi connectivity index (χ4v) is 2.77. The summed E-state index contributed by atoms with van der Waals surface area (Å²) in [5, 5.41) is 3.38. The average molecular weight is 241 g/mol. The highest BCUT2D eigenvalue weighted by atomic mass is 32.3. The first-order valence-electron chi connectivity index (χ1n) is 5.40. The van der Waals surface area contributed by atoms with Gasteiger partial charge in [-0.15, -0.1) is 0 Å². The van der Waals surface area contributed by atoms with Crippen LogP contribution in [-0.4, -0.2) is 17.5 Å². The van der Waals surface area contributed by atoms with Crippen molar-refractivity contribution in [2.24, 2.45) is 0 Å². The summed E-state index contributed by atoms with van der Waals surface area (Å²) in [4.78, 5) is 5.38.